The molecule has 0 aliphatic heterocycles. The summed E-state index contributed by atoms with van der Waals surface area (Å²) in [5, 5.41) is 12.4. The van der Waals surface area contributed by atoms with E-state index in [-0.39, 0.29) is 0 Å². The second-order valence-corrected chi connectivity index (χ2v) is 6.16. The Balaban J connectivity index is 2.01. The van der Waals surface area contributed by atoms with Crippen molar-refractivity contribution in [3.05, 3.63) is 51.5 Å². The Morgan fingerprint density at radius 2 is 2.05 bits per heavy atom. The molecular weight excluding hydrogens is 266 g/mol. The van der Waals surface area contributed by atoms with Gasteiger partial charge in [-0.25, -0.2) is 4.98 Å². The lowest BCUT2D eigenvalue weighted by molar-refractivity contribution is 0.315. The zero-order valence-corrected chi connectivity index (χ0v) is 12.9. The first kappa shape index (κ1) is 14.7. The van der Waals surface area contributed by atoms with E-state index in [1.165, 1.54) is 5.01 Å². The summed E-state index contributed by atoms with van der Waals surface area (Å²) in [6.07, 6.45) is 0. The molecule has 1 heterocycles. The van der Waals surface area contributed by atoms with Crippen molar-refractivity contribution in [2.75, 3.05) is 7.05 Å². The van der Waals surface area contributed by atoms with Gasteiger partial charge in [0.25, 0.3) is 0 Å². The Morgan fingerprint density at radius 3 is 2.70 bits per heavy atom. The zero-order valence-electron chi connectivity index (χ0n) is 12.1. The van der Waals surface area contributed by atoms with E-state index in [1.807, 2.05) is 24.3 Å². The molecule has 2 aromatic rings. The molecule has 0 bridgehead atoms. The average Bonchev–Trinajstić information content (AvgIpc) is 2.88. The third-order valence-electron chi connectivity index (χ3n) is 3.07. The van der Waals surface area contributed by atoms with Gasteiger partial charge in [0.15, 0.2) is 0 Å². The summed E-state index contributed by atoms with van der Waals surface area (Å²) in [5.74, 6) is 0.485. The molecule has 20 heavy (non-hydrogen) atoms. The highest BCUT2D eigenvalue weighted by Gasteiger charge is 2.09. The number of hydrogen-bond acceptors (Lipinski definition) is 4. The monoisotopic (exact) mass is 285 g/mol. The number of thiazole rings is 1. The van der Waals surface area contributed by atoms with E-state index in [1.54, 1.807) is 11.3 Å². The van der Waals surface area contributed by atoms with Crippen LogP contribution in [0.5, 0.6) is 0 Å². The fraction of sp³-hybridized carbons (Fsp3) is 0.375. The minimum absolute atomic E-state index is 0.485. The van der Waals surface area contributed by atoms with Gasteiger partial charge in [-0.05, 0) is 18.7 Å². The van der Waals surface area contributed by atoms with E-state index in [9.17, 15) is 0 Å². The van der Waals surface area contributed by atoms with Crippen LogP contribution in [0, 0.1) is 11.3 Å². The molecule has 0 atom stereocenters. The van der Waals surface area contributed by atoms with Crippen LogP contribution in [0.1, 0.15) is 41.6 Å². The number of aromatic nitrogens is 1. The molecule has 0 aliphatic rings. The van der Waals surface area contributed by atoms with Gasteiger partial charge in [0.05, 0.1) is 22.3 Å². The van der Waals surface area contributed by atoms with Crippen molar-refractivity contribution in [3.63, 3.8) is 0 Å². The maximum atomic E-state index is 9.11. The van der Waals surface area contributed by atoms with E-state index in [0.29, 0.717) is 5.92 Å². The van der Waals surface area contributed by atoms with Crippen molar-refractivity contribution in [3.8, 4) is 6.07 Å². The Hall–Kier alpha value is -1.70. The highest BCUT2D eigenvalue weighted by atomic mass is 32.1. The van der Waals surface area contributed by atoms with Gasteiger partial charge in [0.2, 0.25) is 0 Å². The lowest BCUT2D eigenvalue weighted by atomic mass is 10.1. The smallest absolute Gasteiger partial charge is 0.0995 e. The molecule has 0 spiro atoms. The summed E-state index contributed by atoms with van der Waals surface area (Å²) in [4.78, 5) is 6.84. The Kier molecular flexibility index (Phi) is 4.89. The molecule has 0 saturated carbocycles. The second kappa shape index (κ2) is 6.65. The van der Waals surface area contributed by atoms with Gasteiger partial charge in [0, 0.05) is 24.4 Å². The summed E-state index contributed by atoms with van der Waals surface area (Å²) >= 11 is 1.72. The van der Waals surface area contributed by atoms with Crippen molar-refractivity contribution in [2.24, 2.45) is 0 Å². The lowest BCUT2D eigenvalue weighted by Gasteiger charge is -2.16. The molecule has 0 amide bonds. The molecule has 1 aromatic heterocycles. The minimum Gasteiger partial charge on any atom is -0.296 e. The van der Waals surface area contributed by atoms with E-state index in [4.69, 9.17) is 5.26 Å². The first-order valence-corrected chi connectivity index (χ1v) is 7.59. The molecular formula is C16H19N3S. The molecule has 0 fully saturated rings. The van der Waals surface area contributed by atoms with Gasteiger partial charge in [-0.2, -0.15) is 5.26 Å². The molecule has 0 aliphatic carbocycles. The van der Waals surface area contributed by atoms with Crippen LogP contribution in [0.4, 0.5) is 0 Å². The van der Waals surface area contributed by atoms with Crippen LogP contribution < -0.4 is 0 Å². The zero-order chi connectivity index (χ0) is 14.5. The van der Waals surface area contributed by atoms with E-state index < -0.39 is 0 Å². The van der Waals surface area contributed by atoms with Crippen LogP contribution in [0.3, 0.4) is 0 Å². The molecule has 0 saturated heterocycles. The summed E-state index contributed by atoms with van der Waals surface area (Å²) in [5.41, 5.74) is 2.92. The van der Waals surface area contributed by atoms with Crippen LogP contribution in [-0.2, 0) is 13.1 Å². The van der Waals surface area contributed by atoms with E-state index >= 15 is 0 Å². The summed E-state index contributed by atoms with van der Waals surface area (Å²) in [6, 6.07) is 9.99. The summed E-state index contributed by atoms with van der Waals surface area (Å²) < 4.78 is 0. The first-order valence-electron chi connectivity index (χ1n) is 6.71. The number of benzene rings is 1. The van der Waals surface area contributed by atoms with Gasteiger partial charge >= 0.3 is 0 Å². The van der Waals surface area contributed by atoms with E-state index in [0.717, 1.165) is 29.9 Å². The fourth-order valence-corrected chi connectivity index (χ4v) is 2.88. The maximum Gasteiger partial charge on any atom is 0.0995 e. The van der Waals surface area contributed by atoms with Crippen molar-refractivity contribution in [1.29, 1.82) is 5.26 Å². The predicted molar refractivity (Wildman–Crippen MR) is 82.5 cm³/mol. The Bertz CT molecular complexity index is 610. The molecule has 0 unspecified atom stereocenters. The number of nitrogens with zero attached hydrogens (tertiary/aromatic N) is 3. The number of nitriles is 1. The maximum absolute atomic E-state index is 9.11. The quantitative estimate of drug-likeness (QED) is 0.839. The lowest BCUT2D eigenvalue weighted by Crippen LogP contribution is -2.18. The third-order valence-corrected chi connectivity index (χ3v) is 4.27. The van der Waals surface area contributed by atoms with E-state index in [2.05, 4.69) is 42.2 Å². The van der Waals surface area contributed by atoms with Crippen LogP contribution in [0.2, 0.25) is 0 Å². The fourth-order valence-electron chi connectivity index (χ4n) is 2.05. The Labute approximate surface area is 124 Å². The largest absolute Gasteiger partial charge is 0.296 e. The predicted octanol–water partition coefficient (Wildman–Crippen LogP) is 3.77. The van der Waals surface area contributed by atoms with Gasteiger partial charge in [-0.1, -0.05) is 32.0 Å². The van der Waals surface area contributed by atoms with Crippen molar-refractivity contribution in [1.82, 2.24) is 9.88 Å². The summed E-state index contributed by atoms with van der Waals surface area (Å²) in [6.45, 7) is 5.90. The van der Waals surface area contributed by atoms with Crippen molar-refractivity contribution >= 4 is 11.3 Å². The number of rotatable bonds is 5. The van der Waals surface area contributed by atoms with Crippen LogP contribution in [-0.4, -0.2) is 16.9 Å². The van der Waals surface area contributed by atoms with Gasteiger partial charge in [-0.3, -0.25) is 4.90 Å². The van der Waals surface area contributed by atoms with Crippen molar-refractivity contribution in [2.45, 2.75) is 32.9 Å². The second-order valence-electron chi connectivity index (χ2n) is 5.27. The molecule has 0 radical (unpaired) electrons. The molecule has 2 rings (SSSR count). The Morgan fingerprint density at radius 1 is 1.30 bits per heavy atom. The highest BCUT2D eigenvalue weighted by molar-refractivity contribution is 7.09. The van der Waals surface area contributed by atoms with Gasteiger partial charge in [-0.15, -0.1) is 11.3 Å². The van der Waals surface area contributed by atoms with Crippen LogP contribution in [0.15, 0.2) is 29.6 Å². The molecule has 1 aromatic carbocycles. The molecule has 0 N–H and O–H groups in total. The first-order chi connectivity index (χ1) is 9.60. The van der Waals surface area contributed by atoms with Gasteiger partial charge in [0.1, 0.15) is 0 Å². The third kappa shape index (κ3) is 3.66. The molecule has 4 heteroatoms. The van der Waals surface area contributed by atoms with Crippen LogP contribution >= 0.6 is 11.3 Å². The highest BCUT2D eigenvalue weighted by Crippen LogP contribution is 2.20. The minimum atomic E-state index is 0.485. The number of hydrogen-bond donors (Lipinski definition) is 0. The van der Waals surface area contributed by atoms with Gasteiger partial charge < -0.3 is 0 Å². The average molecular weight is 285 g/mol. The molecule has 3 nitrogen and oxygen atoms in total. The standard InChI is InChI=1S/C16H19N3S/c1-12(2)16-18-15(11-20-16)10-19(3)9-14-7-5-4-6-13(14)8-17/h4-7,11-12H,9-10H2,1-3H3. The SMILES string of the molecule is CC(C)c1nc(CN(C)Cc2ccccc2C#N)cs1. The topological polar surface area (TPSA) is 39.9 Å². The summed E-state index contributed by atoms with van der Waals surface area (Å²) in [7, 11) is 2.06. The normalized spacial score (nSPS) is 11.0. The van der Waals surface area contributed by atoms with Crippen molar-refractivity contribution < 1.29 is 0 Å². The van der Waals surface area contributed by atoms with Crippen LogP contribution in [0.25, 0.3) is 0 Å². The molecule has 104 valence electrons.